The number of nitrogens with one attached hydrogen (secondary N) is 2. The first-order valence-corrected chi connectivity index (χ1v) is 15.0. The van der Waals surface area contributed by atoms with Crippen molar-refractivity contribution in [3.05, 3.63) is 71.8 Å². The summed E-state index contributed by atoms with van der Waals surface area (Å²) in [4.78, 5) is 66.9. The molecule has 10 nitrogen and oxygen atoms in total. The normalized spacial score (nSPS) is 16.3. The van der Waals surface area contributed by atoms with E-state index < -0.39 is 59.3 Å². The van der Waals surface area contributed by atoms with Crippen molar-refractivity contribution >= 4 is 41.4 Å². The zero-order valence-electron chi connectivity index (χ0n) is 24.6. The van der Waals surface area contributed by atoms with Crippen molar-refractivity contribution in [1.29, 1.82) is 0 Å². The van der Waals surface area contributed by atoms with Gasteiger partial charge in [-0.2, -0.15) is 0 Å². The molecular formula is C31H39N3O7S. The van der Waals surface area contributed by atoms with E-state index in [0.717, 1.165) is 5.56 Å². The van der Waals surface area contributed by atoms with Gasteiger partial charge in [0.2, 0.25) is 11.8 Å². The van der Waals surface area contributed by atoms with Gasteiger partial charge in [-0.1, -0.05) is 81.4 Å². The summed E-state index contributed by atoms with van der Waals surface area (Å²) in [6, 6.07) is 17.1. The smallest absolute Gasteiger partial charge is 0.408 e. The fraction of sp³-hybridized carbons (Fsp3) is 0.452. The number of hydrogen-bond acceptors (Lipinski definition) is 8. The Bertz CT molecular complexity index is 1250. The molecule has 1 aliphatic rings. The van der Waals surface area contributed by atoms with Crippen LogP contribution in [0.15, 0.2) is 60.7 Å². The maximum Gasteiger partial charge on any atom is 0.408 e. The van der Waals surface area contributed by atoms with Gasteiger partial charge >= 0.3 is 12.1 Å². The van der Waals surface area contributed by atoms with E-state index in [1.165, 1.54) is 16.7 Å². The summed E-state index contributed by atoms with van der Waals surface area (Å²) >= 11 is 1.42. The summed E-state index contributed by atoms with van der Waals surface area (Å²) in [6.07, 6.45) is -2.03. The number of rotatable bonds is 11. The van der Waals surface area contributed by atoms with Crippen LogP contribution in [-0.2, 0) is 41.7 Å². The predicted molar refractivity (Wildman–Crippen MR) is 159 cm³/mol. The van der Waals surface area contributed by atoms with Gasteiger partial charge in [-0.15, -0.1) is 11.8 Å². The van der Waals surface area contributed by atoms with Crippen LogP contribution in [0.25, 0.3) is 0 Å². The maximum absolute atomic E-state index is 13.8. The first kappa shape index (κ1) is 32.7. The van der Waals surface area contributed by atoms with E-state index in [9.17, 15) is 24.0 Å². The molecule has 0 aromatic heterocycles. The quantitative estimate of drug-likeness (QED) is 0.228. The molecule has 1 aliphatic heterocycles. The lowest BCUT2D eigenvalue weighted by Gasteiger charge is -2.35. The zero-order chi connectivity index (χ0) is 30.9. The van der Waals surface area contributed by atoms with Crippen molar-refractivity contribution < 1.29 is 33.4 Å². The van der Waals surface area contributed by atoms with Gasteiger partial charge in [0.25, 0.3) is 5.78 Å². The van der Waals surface area contributed by atoms with Crippen molar-refractivity contribution in [2.24, 2.45) is 11.3 Å². The average molecular weight is 598 g/mol. The number of esters is 1. The Morgan fingerprint density at radius 3 is 2.12 bits per heavy atom. The van der Waals surface area contributed by atoms with Crippen LogP contribution >= 0.6 is 11.8 Å². The van der Waals surface area contributed by atoms with Gasteiger partial charge in [0.05, 0.1) is 12.0 Å². The summed E-state index contributed by atoms with van der Waals surface area (Å²) in [7, 11) is 0. The van der Waals surface area contributed by atoms with Crippen LogP contribution in [-0.4, -0.2) is 64.5 Å². The number of hydrogen-bond donors (Lipinski definition) is 2. The summed E-state index contributed by atoms with van der Waals surface area (Å²) in [5, 5.41) is 5.49. The maximum atomic E-state index is 13.8. The second kappa shape index (κ2) is 14.9. The number of ether oxygens (including phenoxy) is 2. The number of benzene rings is 2. The topological polar surface area (TPSA) is 131 Å². The van der Waals surface area contributed by atoms with E-state index in [0.29, 0.717) is 11.3 Å². The monoisotopic (exact) mass is 597 g/mol. The minimum Gasteiger partial charge on any atom is -0.457 e. The molecule has 2 aromatic carbocycles. The van der Waals surface area contributed by atoms with Gasteiger partial charge < -0.3 is 25.0 Å². The predicted octanol–water partition coefficient (Wildman–Crippen LogP) is 3.68. The Labute approximate surface area is 250 Å². The molecule has 3 atom stereocenters. The van der Waals surface area contributed by atoms with E-state index in [1.54, 1.807) is 38.1 Å². The highest BCUT2D eigenvalue weighted by molar-refractivity contribution is 7.99. The molecule has 0 saturated carbocycles. The number of thioether (sulfide) groups is 1. The molecule has 1 saturated heterocycles. The molecule has 3 rings (SSSR count). The molecule has 1 fully saturated rings. The average Bonchev–Trinajstić information content (AvgIpc) is 3.41. The molecule has 3 amide bonds. The molecule has 2 aromatic rings. The first-order valence-electron chi connectivity index (χ1n) is 13.8. The highest BCUT2D eigenvalue weighted by Gasteiger charge is 2.42. The summed E-state index contributed by atoms with van der Waals surface area (Å²) < 4.78 is 10.4. The second-order valence-electron chi connectivity index (χ2n) is 11.4. The molecule has 1 heterocycles. The van der Waals surface area contributed by atoms with E-state index >= 15 is 0 Å². The first-order chi connectivity index (χ1) is 19.9. The third-order valence-electron chi connectivity index (χ3n) is 6.52. The number of carbonyl (C=O) groups excluding carboxylic acids is 5. The van der Waals surface area contributed by atoms with Gasteiger partial charge in [-0.25, -0.2) is 9.59 Å². The van der Waals surface area contributed by atoms with Gasteiger partial charge in [-0.3, -0.25) is 14.4 Å². The Morgan fingerprint density at radius 2 is 1.55 bits per heavy atom. The van der Waals surface area contributed by atoms with Crippen LogP contribution in [0.2, 0.25) is 0 Å². The number of ketones is 1. The van der Waals surface area contributed by atoms with Crippen LogP contribution in [0.5, 0.6) is 0 Å². The van der Waals surface area contributed by atoms with Crippen molar-refractivity contribution in [3.8, 4) is 0 Å². The zero-order valence-corrected chi connectivity index (χ0v) is 25.4. The highest BCUT2D eigenvalue weighted by Crippen LogP contribution is 2.27. The molecule has 0 spiro atoms. The molecular weight excluding hydrogens is 558 g/mol. The SMILES string of the molecule is CC(C)OC(=O)C(=O)[C@H](Cc1ccccc1)C(=O)N[C@H]1CSCN1C(=O)[C@@H](NC(=O)OCc1ccccc1)C(C)(C)C. The van der Waals surface area contributed by atoms with Crippen LogP contribution in [0.4, 0.5) is 4.79 Å². The molecule has 11 heteroatoms. The summed E-state index contributed by atoms with van der Waals surface area (Å²) in [5.74, 6) is -3.83. The minimum absolute atomic E-state index is 0.00800. The highest BCUT2D eigenvalue weighted by atomic mass is 32.2. The van der Waals surface area contributed by atoms with E-state index in [2.05, 4.69) is 10.6 Å². The van der Waals surface area contributed by atoms with Gasteiger partial charge in [0.1, 0.15) is 24.7 Å². The van der Waals surface area contributed by atoms with E-state index in [4.69, 9.17) is 9.47 Å². The number of amides is 3. The molecule has 2 N–H and O–H groups in total. The molecule has 0 unspecified atom stereocenters. The third kappa shape index (κ3) is 9.34. The minimum atomic E-state index is -1.34. The fourth-order valence-corrected chi connectivity index (χ4v) is 5.41. The number of alkyl carbamates (subject to hydrolysis) is 1. The lowest BCUT2D eigenvalue weighted by molar-refractivity contribution is -0.160. The molecule has 226 valence electrons. The van der Waals surface area contributed by atoms with Crippen molar-refractivity contribution in [3.63, 3.8) is 0 Å². The van der Waals surface area contributed by atoms with Crippen molar-refractivity contribution in [2.75, 3.05) is 11.6 Å². The number of nitrogens with zero attached hydrogens (tertiary/aromatic N) is 1. The largest absolute Gasteiger partial charge is 0.457 e. The summed E-state index contributed by atoms with van der Waals surface area (Å²) in [6.45, 7) is 8.74. The Morgan fingerprint density at radius 1 is 0.952 bits per heavy atom. The van der Waals surface area contributed by atoms with Gasteiger partial charge in [0.15, 0.2) is 0 Å². The molecule has 42 heavy (non-hydrogen) atoms. The molecule has 0 radical (unpaired) electrons. The summed E-state index contributed by atoms with van der Waals surface area (Å²) in [5.41, 5.74) is 0.821. The standard InChI is InChI=1S/C31H39N3O7S/c1-20(2)41-29(38)25(35)23(16-21-12-8-6-9-13-21)27(36)32-24-18-42-19-34(24)28(37)26(31(3,4)5)33-30(39)40-17-22-14-10-7-11-15-22/h6-15,20,23-24,26H,16-19H2,1-5H3,(H,32,36)(H,33,39)/t23-,24+,26+/m0/s1. The van der Waals surface area contributed by atoms with Crippen LogP contribution in [0, 0.1) is 11.3 Å². The lowest BCUT2D eigenvalue weighted by atomic mass is 9.86. The van der Waals surface area contributed by atoms with Crippen LogP contribution in [0.3, 0.4) is 0 Å². The second-order valence-corrected chi connectivity index (χ2v) is 12.4. The Kier molecular flexibility index (Phi) is 11.6. The lowest BCUT2D eigenvalue weighted by Crippen LogP contribution is -2.59. The molecule has 0 bridgehead atoms. The fourth-order valence-electron chi connectivity index (χ4n) is 4.31. The van der Waals surface area contributed by atoms with Crippen molar-refractivity contribution in [1.82, 2.24) is 15.5 Å². The van der Waals surface area contributed by atoms with Gasteiger partial charge in [0, 0.05) is 5.75 Å². The Hall–Kier alpha value is -3.86. The van der Waals surface area contributed by atoms with Crippen molar-refractivity contribution in [2.45, 2.75) is 66.0 Å². The van der Waals surface area contributed by atoms with Gasteiger partial charge in [-0.05, 0) is 36.8 Å². The molecule has 0 aliphatic carbocycles. The van der Waals surface area contributed by atoms with Crippen LogP contribution < -0.4 is 10.6 Å². The van der Waals surface area contributed by atoms with Crippen LogP contribution in [0.1, 0.15) is 45.7 Å². The third-order valence-corrected chi connectivity index (χ3v) is 7.53. The number of Topliss-reactive ketones (excluding diaryl/α,β-unsaturated/α-hetero) is 1. The Balaban J connectivity index is 1.73. The van der Waals surface area contributed by atoms with E-state index in [-0.39, 0.29) is 18.9 Å². The number of carbonyl (C=O) groups is 5. The van der Waals surface area contributed by atoms with E-state index in [1.807, 2.05) is 57.2 Å².